The Morgan fingerprint density at radius 3 is 2.69 bits per heavy atom. The van der Waals surface area contributed by atoms with E-state index in [0.717, 1.165) is 22.7 Å². The molecule has 0 atom stereocenters. The largest absolute Gasteiger partial charge is 0.397 e. The normalized spacial score (nSPS) is 10.6. The number of aromatic nitrogens is 3. The van der Waals surface area contributed by atoms with Crippen LogP contribution in [-0.4, -0.2) is 14.4 Å². The number of hydrogen-bond acceptors (Lipinski definition) is 3. The smallest absolute Gasteiger partial charge is 0.157 e. The highest BCUT2D eigenvalue weighted by molar-refractivity contribution is 5.67. The van der Waals surface area contributed by atoms with Gasteiger partial charge in [0.2, 0.25) is 0 Å². The van der Waals surface area contributed by atoms with E-state index in [-0.39, 0.29) is 0 Å². The van der Waals surface area contributed by atoms with Gasteiger partial charge in [0.25, 0.3) is 0 Å². The van der Waals surface area contributed by atoms with Crippen molar-refractivity contribution < 1.29 is 0 Å². The predicted molar refractivity (Wildman–Crippen MR) is 65.7 cm³/mol. The Kier molecular flexibility index (Phi) is 2.27. The number of aryl methyl sites for hydroxylation is 1. The van der Waals surface area contributed by atoms with Gasteiger partial charge in [0, 0.05) is 0 Å². The molecule has 0 saturated heterocycles. The summed E-state index contributed by atoms with van der Waals surface area (Å²) >= 11 is 0. The van der Waals surface area contributed by atoms with Crippen LogP contribution in [0.3, 0.4) is 0 Å². The first kappa shape index (κ1) is 10.4. The third-order valence-corrected chi connectivity index (χ3v) is 2.44. The molecule has 0 fully saturated rings. The number of nitrogens with two attached hydrogens (primary N) is 1. The lowest BCUT2D eigenvalue weighted by molar-refractivity contribution is 0.997. The summed E-state index contributed by atoms with van der Waals surface area (Å²) < 4.78 is 1.95. The van der Waals surface area contributed by atoms with Gasteiger partial charge in [0.05, 0.1) is 23.3 Å². The Hall–Kier alpha value is -2.10. The van der Waals surface area contributed by atoms with Crippen LogP contribution >= 0.6 is 0 Å². The van der Waals surface area contributed by atoms with E-state index in [1.807, 2.05) is 24.3 Å². The van der Waals surface area contributed by atoms with Crippen molar-refractivity contribution in [2.75, 3.05) is 0 Å². The van der Waals surface area contributed by atoms with Gasteiger partial charge in [0.1, 0.15) is 5.82 Å². The fourth-order valence-corrected chi connectivity index (χ4v) is 1.64. The van der Waals surface area contributed by atoms with E-state index in [1.54, 1.807) is 6.20 Å². The third-order valence-electron chi connectivity index (χ3n) is 2.44. The molecule has 0 aromatic carbocycles. The predicted octanol–water partition coefficient (Wildman–Crippen LogP) is 2.00. The monoisotopic (exact) mass is 214 g/mol. The maximum atomic E-state index is 5.66. The van der Waals surface area contributed by atoms with E-state index < -0.39 is 0 Å². The minimum absolute atomic E-state index is 0.448. The van der Waals surface area contributed by atoms with Crippen molar-refractivity contribution in [3.8, 4) is 0 Å². The van der Waals surface area contributed by atoms with Crippen molar-refractivity contribution in [1.29, 1.82) is 0 Å². The number of allylic oxidation sites excluding steroid dienone is 1. The third kappa shape index (κ3) is 1.48. The first-order valence-corrected chi connectivity index (χ1v) is 4.96. The number of rotatable bonds is 2. The summed E-state index contributed by atoms with van der Waals surface area (Å²) in [4.78, 5) is 8.60. The van der Waals surface area contributed by atoms with Crippen LogP contribution in [0.25, 0.3) is 16.9 Å². The highest BCUT2D eigenvalue weighted by atomic mass is 15.1. The second-order valence-corrected chi connectivity index (χ2v) is 3.83. The van der Waals surface area contributed by atoms with Gasteiger partial charge in [-0.2, -0.15) is 0 Å². The van der Waals surface area contributed by atoms with E-state index >= 15 is 0 Å². The van der Waals surface area contributed by atoms with Crippen molar-refractivity contribution in [3.63, 3.8) is 0 Å². The lowest BCUT2D eigenvalue weighted by Crippen LogP contribution is -2.04. The van der Waals surface area contributed by atoms with E-state index in [9.17, 15) is 0 Å². The summed E-state index contributed by atoms with van der Waals surface area (Å²) in [5, 5.41) is 0. The van der Waals surface area contributed by atoms with Crippen molar-refractivity contribution in [1.82, 2.24) is 14.4 Å². The summed E-state index contributed by atoms with van der Waals surface area (Å²) in [6, 6.07) is 1.88. The van der Waals surface area contributed by atoms with Gasteiger partial charge in [-0.1, -0.05) is 13.2 Å². The van der Waals surface area contributed by atoms with Crippen molar-refractivity contribution in [3.05, 3.63) is 42.6 Å². The lowest BCUT2D eigenvalue weighted by atomic mass is 10.2. The van der Waals surface area contributed by atoms with Crippen LogP contribution in [0, 0.1) is 6.92 Å². The maximum absolute atomic E-state index is 5.66. The molecule has 2 N–H and O–H groups in total. The molecule has 0 unspecified atom stereocenters. The quantitative estimate of drug-likeness (QED) is 0.831. The maximum Gasteiger partial charge on any atom is 0.157 e. The van der Waals surface area contributed by atoms with Crippen LogP contribution in [-0.2, 0) is 0 Å². The van der Waals surface area contributed by atoms with E-state index in [2.05, 4.69) is 23.1 Å². The molecule has 0 bridgehead atoms. The number of hydrogen-bond donors (Lipinski definition) is 1. The highest BCUT2D eigenvalue weighted by Crippen LogP contribution is 2.18. The second kappa shape index (κ2) is 3.48. The minimum atomic E-state index is 0.448. The molecule has 0 amide bonds. The Morgan fingerprint density at radius 2 is 2.12 bits per heavy atom. The number of fused-ring (bicyclic) bond motifs is 1. The van der Waals surface area contributed by atoms with Gasteiger partial charge in [-0.3, -0.25) is 4.40 Å². The van der Waals surface area contributed by atoms with E-state index in [4.69, 9.17) is 5.73 Å². The fraction of sp³-hybridized carbons (Fsp3) is 0.167. The average molecular weight is 214 g/mol. The van der Waals surface area contributed by atoms with Gasteiger partial charge in [-0.05, 0) is 25.5 Å². The summed E-state index contributed by atoms with van der Waals surface area (Å²) in [6.45, 7) is 11.5. The zero-order valence-electron chi connectivity index (χ0n) is 9.49. The number of imidazole rings is 1. The van der Waals surface area contributed by atoms with E-state index in [0.29, 0.717) is 11.4 Å². The zero-order chi connectivity index (χ0) is 11.9. The van der Waals surface area contributed by atoms with Crippen LogP contribution in [0.2, 0.25) is 0 Å². The van der Waals surface area contributed by atoms with Crippen LogP contribution in [0.15, 0.2) is 25.4 Å². The average Bonchev–Trinajstić information content (AvgIpc) is 2.59. The molecule has 0 saturated carbocycles. The standard InChI is InChI=1S/C12H14N4/c1-7(2)11-5-10(8(3)13)15-12-6-14-9(4)16(11)12/h5-6H,1,3,13H2,2,4H3. The molecular weight excluding hydrogens is 200 g/mol. The molecule has 2 aromatic rings. The van der Waals surface area contributed by atoms with Crippen LogP contribution < -0.4 is 5.73 Å². The van der Waals surface area contributed by atoms with Gasteiger partial charge < -0.3 is 5.73 Å². The summed E-state index contributed by atoms with van der Waals surface area (Å²) in [5.74, 6) is 0.884. The number of nitrogens with zero attached hydrogens (tertiary/aromatic N) is 3. The Labute approximate surface area is 94.1 Å². The molecule has 4 heteroatoms. The van der Waals surface area contributed by atoms with Crippen molar-refractivity contribution in [2.45, 2.75) is 13.8 Å². The molecule has 16 heavy (non-hydrogen) atoms. The summed E-state index contributed by atoms with van der Waals surface area (Å²) in [7, 11) is 0. The topological polar surface area (TPSA) is 56.2 Å². The van der Waals surface area contributed by atoms with Gasteiger partial charge >= 0.3 is 0 Å². The summed E-state index contributed by atoms with van der Waals surface area (Å²) in [5.41, 5.74) is 9.45. The van der Waals surface area contributed by atoms with Gasteiger partial charge in [0.15, 0.2) is 5.65 Å². The molecular formula is C12H14N4. The van der Waals surface area contributed by atoms with Gasteiger partial charge in [-0.15, -0.1) is 0 Å². The molecule has 0 aliphatic heterocycles. The molecule has 4 nitrogen and oxygen atoms in total. The molecule has 0 radical (unpaired) electrons. The highest BCUT2D eigenvalue weighted by Gasteiger charge is 2.09. The zero-order valence-corrected chi connectivity index (χ0v) is 9.49. The molecule has 2 heterocycles. The molecule has 0 spiro atoms. The molecule has 0 aliphatic carbocycles. The van der Waals surface area contributed by atoms with Crippen molar-refractivity contribution in [2.24, 2.45) is 5.73 Å². The molecule has 2 rings (SSSR count). The van der Waals surface area contributed by atoms with Crippen molar-refractivity contribution >= 4 is 16.9 Å². The Bertz CT molecular complexity index is 592. The first-order chi connectivity index (χ1) is 7.50. The molecule has 0 aliphatic rings. The lowest BCUT2D eigenvalue weighted by Gasteiger charge is -2.09. The Morgan fingerprint density at radius 1 is 1.44 bits per heavy atom. The fourth-order valence-electron chi connectivity index (χ4n) is 1.64. The van der Waals surface area contributed by atoms with E-state index in [1.165, 1.54) is 0 Å². The minimum Gasteiger partial charge on any atom is -0.397 e. The van der Waals surface area contributed by atoms with Crippen LogP contribution in [0.1, 0.15) is 24.1 Å². The SMILES string of the molecule is C=C(N)c1cc(C(=C)C)n2c(C)ncc2n1. The molecule has 82 valence electrons. The van der Waals surface area contributed by atoms with Crippen LogP contribution in [0.4, 0.5) is 0 Å². The summed E-state index contributed by atoms with van der Waals surface area (Å²) in [6.07, 6.45) is 1.72. The first-order valence-electron chi connectivity index (χ1n) is 4.96. The van der Waals surface area contributed by atoms with Gasteiger partial charge in [-0.25, -0.2) is 9.97 Å². The molecule has 2 aromatic heterocycles. The second-order valence-electron chi connectivity index (χ2n) is 3.83. The van der Waals surface area contributed by atoms with Crippen LogP contribution in [0.5, 0.6) is 0 Å². The Balaban J connectivity index is 2.86.